The quantitative estimate of drug-likeness (QED) is 0.489. The molecule has 5 heteroatoms. The second kappa shape index (κ2) is 8.02. The van der Waals surface area contributed by atoms with Gasteiger partial charge in [0.2, 0.25) is 0 Å². The topological polar surface area (TPSA) is 64.4 Å². The lowest BCUT2D eigenvalue weighted by Gasteiger charge is -2.05. The summed E-state index contributed by atoms with van der Waals surface area (Å²) in [5.41, 5.74) is 3.95. The monoisotopic (exact) mass is 384 g/mol. The van der Waals surface area contributed by atoms with E-state index in [-0.39, 0.29) is 5.91 Å². The van der Waals surface area contributed by atoms with Gasteiger partial charge in [-0.3, -0.25) is 9.78 Å². The number of aromatic nitrogens is 1. The average molecular weight is 384 g/mol. The molecule has 2 aromatic carbocycles. The Labute approximate surface area is 168 Å². The lowest BCUT2D eigenvalue weighted by Crippen LogP contribution is -2.12. The predicted octanol–water partition coefficient (Wildman–Crippen LogP) is 5.57. The summed E-state index contributed by atoms with van der Waals surface area (Å²) in [6.45, 7) is 1.87. The molecular formula is C24H20N2O3. The van der Waals surface area contributed by atoms with Crippen molar-refractivity contribution in [3.8, 4) is 5.75 Å². The first-order valence-electron chi connectivity index (χ1n) is 9.22. The molecule has 0 fully saturated rings. The van der Waals surface area contributed by atoms with Crippen LogP contribution >= 0.6 is 0 Å². The molecule has 0 aliphatic rings. The number of anilines is 1. The SMILES string of the molecule is COc1ccc2oc(C(=O)Nc3cccc(/C=C/c4ccccn4)c3)c(C)c2c1. The number of methoxy groups -OCH3 is 1. The van der Waals surface area contributed by atoms with Crippen molar-refractivity contribution < 1.29 is 13.9 Å². The molecule has 4 aromatic rings. The van der Waals surface area contributed by atoms with Crippen LogP contribution < -0.4 is 10.1 Å². The number of amides is 1. The van der Waals surface area contributed by atoms with Gasteiger partial charge in [-0.2, -0.15) is 0 Å². The number of aryl methyl sites for hydroxylation is 1. The van der Waals surface area contributed by atoms with Gasteiger partial charge in [0.15, 0.2) is 5.76 Å². The van der Waals surface area contributed by atoms with Gasteiger partial charge in [0.05, 0.1) is 12.8 Å². The van der Waals surface area contributed by atoms with Crippen LogP contribution in [0.4, 0.5) is 5.69 Å². The Morgan fingerprint density at radius 3 is 2.76 bits per heavy atom. The highest BCUT2D eigenvalue weighted by atomic mass is 16.5. The van der Waals surface area contributed by atoms with E-state index in [0.717, 1.165) is 28.0 Å². The van der Waals surface area contributed by atoms with E-state index in [1.807, 2.05) is 73.7 Å². The van der Waals surface area contributed by atoms with Crippen LogP contribution in [0.1, 0.15) is 27.4 Å². The molecule has 0 radical (unpaired) electrons. The fourth-order valence-electron chi connectivity index (χ4n) is 3.11. The highest BCUT2D eigenvalue weighted by molar-refractivity contribution is 6.06. The first kappa shape index (κ1) is 18.5. The summed E-state index contributed by atoms with van der Waals surface area (Å²) in [6.07, 6.45) is 5.63. The summed E-state index contributed by atoms with van der Waals surface area (Å²) >= 11 is 0. The number of fused-ring (bicyclic) bond motifs is 1. The standard InChI is InChI=1S/C24H20N2O3/c1-16-21-15-20(28-2)11-12-22(21)29-23(16)24(27)26-19-8-5-6-17(14-19)9-10-18-7-3-4-13-25-18/h3-15H,1-2H3,(H,26,27)/b10-9+. The smallest absolute Gasteiger partial charge is 0.291 e. The Hall–Kier alpha value is -3.86. The number of nitrogens with one attached hydrogen (secondary N) is 1. The number of hydrogen-bond donors (Lipinski definition) is 1. The summed E-state index contributed by atoms with van der Waals surface area (Å²) < 4.78 is 11.0. The van der Waals surface area contributed by atoms with E-state index >= 15 is 0 Å². The Morgan fingerprint density at radius 1 is 1.07 bits per heavy atom. The lowest BCUT2D eigenvalue weighted by molar-refractivity contribution is 0.0998. The van der Waals surface area contributed by atoms with Crippen LogP contribution in [-0.4, -0.2) is 18.0 Å². The molecule has 1 N–H and O–H groups in total. The fourth-order valence-corrected chi connectivity index (χ4v) is 3.11. The number of carbonyl (C=O) groups is 1. The van der Waals surface area contributed by atoms with Crippen molar-refractivity contribution in [2.45, 2.75) is 6.92 Å². The molecule has 0 saturated heterocycles. The summed E-state index contributed by atoms with van der Waals surface area (Å²) in [6, 6.07) is 18.8. The van der Waals surface area contributed by atoms with Crippen LogP contribution in [-0.2, 0) is 0 Å². The zero-order chi connectivity index (χ0) is 20.2. The van der Waals surface area contributed by atoms with Gasteiger partial charge in [0.25, 0.3) is 5.91 Å². The van der Waals surface area contributed by atoms with Crippen LogP contribution in [0.25, 0.3) is 23.1 Å². The first-order valence-corrected chi connectivity index (χ1v) is 9.22. The van der Waals surface area contributed by atoms with Gasteiger partial charge in [-0.25, -0.2) is 0 Å². The maximum Gasteiger partial charge on any atom is 0.291 e. The largest absolute Gasteiger partial charge is 0.497 e. The van der Waals surface area contributed by atoms with Crippen LogP contribution in [0, 0.1) is 6.92 Å². The highest BCUT2D eigenvalue weighted by Gasteiger charge is 2.18. The van der Waals surface area contributed by atoms with Crippen molar-refractivity contribution in [1.82, 2.24) is 4.98 Å². The molecule has 144 valence electrons. The van der Waals surface area contributed by atoms with E-state index in [0.29, 0.717) is 17.0 Å². The number of carbonyl (C=O) groups excluding carboxylic acids is 1. The molecule has 29 heavy (non-hydrogen) atoms. The molecular weight excluding hydrogens is 364 g/mol. The molecule has 2 aromatic heterocycles. The number of ether oxygens (including phenoxy) is 1. The van der Waals surface area contributed by atoms with Crippen molar-refractivity contribution in [1.29, 1.82) is 0 Å². The minimum Gasteiger partial charge on any atom is -0.497 e. The third kappa shape index (κ3) is 4.04. The molecule has 2 heterocycles. The Balaban J connectivity index is 1.55. The first-order chi connectivity index (χ1) is 14.1. The van der Waals surface area contributed by atoms with E-state index in [2.05, 4.69) is 10.3 Å². The number of furan rings is 1. The number of nitrogens with zero attached hydrogens (tertiary/aromatic N) is 1. The van der Waals surface area contributed by atoms with Crippen LogP contribution in [0.15, 0.2) is 71.3 Å². The minimum absolute atomic E-state index is 0.288. The second-order valence-electron chi connectivity index (χ2n) is 6.59. The fraction of sp³-hybridized carbons (Fsp3) is 0.0833. The van der Waals surface area contributed by atoms with Gasteiger partial charge in [-0.15, -0.1) is 0 Å². The summed E-state index contributed by atoms with van der Waals surface area (Å²) in [4.78, 5) is 17.1. The van der Waals surface area contributed by atoms with Gasteiger partial charge in [0, 0.05) is 22.8 Å². The molecule has 0 saturated carbocycles. The molecule has 0 bridgehead atoms. The molecule has 0 atom stereocenters. The van der Waals surface area contributed by atoms with Gasteiger partial charge in [0.1, 0.15) is 11.3 Å². The Kier molecular flexibility index (Phi) is 5.12. The average Bonchev–Trinajstić information content (AvgIpc) is 3.09. The van der Waals surface area contributed by atoms with E-state index in [4.69, 9.17) is 9.15 Å². The minimum atomic E-state index is -0.288. The maximum absolute atomic E-state index is 12.8. The molecule has 0 unspecified atom stereocenters. The van der Waals surface area contributed by atoms with Crippen LogP contribution in [0.5, 0.6) is 5.75 Å². The molecule has 5 nitrogen and oxygen atoms in total. The van der Waals surface area contributed by atoms with Crippen molar-refractivity contribution in [3.05, 3.63) is 89.4 Å². The number of rotatable bonds is 5. The molecule has 1 amide bonds. The van der Waals surface area contributed by atoms with Gasteiger partial charge in [-0.05, 0) is 61.0 Å². The van der Waals surface area contributed by atoms with Gasteiger partial charge < -0.3 is 14.5 Å². The third-order valence-electron chi connectivity index (χ3n) is 4.63. The van der Waals surface area contributed by atoms with E-state index in [1.54, 1.807) is 19.4 Å². The normalized spacial score (nSPS) is 11.1. The van der Waals surface area contributed by atoms with E-state index < -0.39 is 0 Å². The zero-order valence-electron chi connectivity index (χ0n) is 16.2. The van der Waals surface area contributed by atoms with Crippen molar-refractivity contribution in [2.75, 3.05) is 12.4 Å². The van der Waals surface area contributed by atoms with Crippen LogP contribution in [0.3, 0.4) is 0 Å². The second-order valence-corrected chi connectivity index (χ2v) is 6.59. The Morgan fingerprint density at radius 2 is 1.97 bits per heavy atom. The van der Waals surface area contributed by atoms with Crippen molar-refractivity contribution >= 4 is 34.7 Å². The molecule has 0 spiro atoms. The van der Waals surface area contributed by atoms with E-state index in [1.165, 1.54) is 0 Å². The van der Waals surface area contributed by atoms with E-state index in [9.17, 15) is 4.79 Å². The third-order valence-corrected chi connectivity index (χ3v) is 4.63. The summed E-state index contributed by atoms with van der Waals surface area (Å²) in [5, 5.41) is 3.78. The van der Waals surface area contributed by atoms with Crippen molar-refractivity contribution in [3.63, 3.8) is 0 Å². The van der Waals surface area contributed by atoms with Crippen molar-refractivity contribution in [2.24, 2.45) is 0 Å². The number of hydrogen-bond acceptors (Lipinski definition) is 4. The van der Waals surface area contributed by atoms with Gasteiger partial charge >= 0.3 is 0 Å². The zero-order valence-corrected chi connectivity index (χ0v) is 16.2. The molecule has 0 aliphatic heterocycles. The number of pyridine rings is 1. The lowest BCUT2D eigenvalue weighted by atomic mass is 10.1. The highest BCUT2D eigenvalue weighted by Crippen LogP contribution is 2.29. The number of benzene rings is 2. The predicted molar refractivity (Wildman–Crippen MR) is 115 cm³/mol. The summed E-state index contributed by atoms with van der Waals surface area (Å²) in [5.74, 6) is 0.729. The molecule has 0 aliphatic carbocycles. The molecule has 4 rings (SSSR count). The summed E-state index contributed by atoms with van der Waals surface area (Å²) in [7, 11) is 1.61. The van der Waals surface area contributed by atoms with Crippen LogP contribution in [0.2, 0.25) is 0 Å². The van der Waals surface area contributed by atoms with Gasteiger partial charge in [-0.1, -0.05) is 24.3 Å². The maximum atomic E-state index is 12.8. The Bertz CT molecular complexity index is 1190.